The number of ketones is 1. The highest BCUT2D eigenvalue weighted by molar-refractivity contribution is 6.04. The van der Waals surface area contributed by atoms with Gasteiger partial charge in [0, 0.05) is 12.8 Å². The first-order chi connectivity index (χ1) is 12.5. The van der Waals surface area contributed by atoms with Gasteiger partial charge in [-0.3, -0.25) is 9.59 Å². The van der Waals surface area contributed by atoms with Gasteiger partial charge in [-0.1, -0.05) is 0 Å². The summed E-state index contributed by atoms with van der Waals surface area (Å²) in [6, 6.07) is 1.90. The van der Waals surface area contributed by atoms with Gasteiger partial charge in [0.05, 0.1) is 39.3 Å². The number of cyclic esters (lactones) is 1. The number of ether oxygens (including phenoxy) is 4. The Morgan fingerprint density at radius 3 is 2.88 bits per heavy atom. The first kappa shape index (κ1) is 17.1. The highest BCUT2D eigenvalue weighted by Crippen LogP contribution is 2.48. The van der Waals surface area contributed by atoms with Crippen molar-refractivity contribution in [3.05, 3.63) is 17.2 Å². The second-order valence-corrected chi connectivity index (χ2v) is 7.46. The van der Waals surface area contributed by atoms with Crippen LogP contribution in [-0.4, -0.2) is 45.9 Å². The molecular formula is C19H24NO6+. The maximum Gasteiger partial charge on any atom is 0.319 e. The van der Waals surface area contributed by atoms with Crippen molar-refractivity contribution < 1.29 is 33.4 Å². The van der Waals surface area contributed by atoms with E-state index in [1.54, 1.807) is 14.0 Å². The molecule has 0 radical (unpaired) electrons. The molecule has 3 heterocycles. The zero-order valence-corrected chi connectivity index (χ0v) is 15.3. The highest BCUT2D eigenvalue weighted by atomic mass is 16.7. The summed E-state index contributed by atoms with van der Waals surface area (Å²) in [5.74, 6) is 1.46. The molecule has 0 saturated carbocycles. The maximum absolute atomic E-state index is 13.0. The number of nitrogens with one attached hydrogen (secondary N) is 1. The number of likely N-dealkylation sites (N-methyl/N-ethyl adjacent to an activating group) is 1. The van der Waals surface area contributed by atoms with Crippen molar-refractivity contribution >= 4 is 11.8 Å². The molecule has 0 bridgehead atoms. The number of quaternary nitrogens is 1. The van der Waals surface area contributed by atoms with E-state index in [4.69, 9.17) is 18.9 Å². The zero-order valence-electron chi connectivity index (χ0n) is 15.3. The van der Waals surface area contributed by atoms with Crippen LogP contribution in [0.15, 0.2) is 6.07 Å². The molecule has 1 fully saturated rings. The van der Waals surface area contributed by atoms with Gasteiger partial charge in [0.1, 0.15) is 11.5 Å². The Hall–Kier alpha value is -2.28. The van der Waals surface area contributed by atoms with E-state index in [2.05, 4.69) is 7.05 Å². The molecule has 3 aliphatic rings. The van der Waals surface area contributed by atoms with Gasteiger partial charge in [0.25, 0.3) is 0 Å². The van der Waals surface area contributed by atoms with Gasteiger partial charge in [-0.15, -0.1) is 0 Å². The molecule has 0 aliphatic carbocycles. The number of carbonyl (C=O) groups is 2. The molecule has 3 aliphatic heterocycles. The lowest BCUT2D eigenvalue weighted by Gasteiger charge is -2.33. The van der Waals surface area contributed by atoms with Crippen molar-refractivity contribution in [1.82, 2.24) is 0 Å². The van der Waals surface area contributed by atoms with E-state index in [0.29, 0.717) is 30.3 Å². The van der Waals surface area contributed by atoms with Crippen LogP contribution in [0, 0.1) is 5.41 Å². The number of hydrogen-bond donors (Lipinski definition) is 1. The van der Waals surface area contributed by atoms with E-state index >= 15 is 0 Å². The fourth-order valence-electron chi connectivity index (χ4n) is 4.17. The predicted octanol–water partition coefficient (Wildman–Crippen LogP) is 0.448. The van der Waals surface area contributed by atoms with Gasteiger partial charge >= 0.3 is 5.97 Å². The minimum atomic E-state index is -1.04. The first-order valence-electron chi connectivity index (χ1n) is 8.98. The summed E-state index contributed by atoms with van der Waals surface area (Å²) in [6.07, 6.45) is 1.58. The SMILES string of the molecule is COc1c2c(cc3c1[C@@H](CC(=O)[C@]1(C)CCOC1=O)[NH+](C)CC3)OCO2. The lowest BCUT2D eigenvalue weighted by molar-refractivity contribution is -0.914. The smallest absolute Gasteiger partial charge is 0.319 e. The van der Waals surface area contributed by atoms with Gasteiger partial charge in [-0.25, -0.2) is 0 Å². The molecule has 0 aromatic heterocycles. The predicted molar refractivity (Wildman–Crippen MR) is 90.6 cm³/mol. The van der Waals surface area contributed by atoms with E-state index < -0.39 is 11.4 Å². The van der Waals surface area contributed by atoms with E-state index in [1.165, 1.54) is 4.90 Å². The standard InChI is InChI=1S/C19H23NO6/c1-19(5-7-24-18(19)22)14(21)9-12-15-11(4-6-20(12)2)8-13-16(17(15)23-3)26-10-25-13/h8,12H,4-7,9-10H2,1-3H3/p+1/t12-,19+/m1/s1. The highest BCUT2D eigenvalue weighted by Gasteiger charge is 2.49. The van der Waals surface area contributed by atoms with Crippen molar-refractivity contribution in [2.24, 2.45) is 5.41 Å². The topological polar surface area (TPSA) is 75.5 Å². The second-order valence-electron chi connectivity index (χ2n) is 7.46. The molecule has 140 valence electrons. The van der Waals surface area contributed by atoms with Crippen LogP contribution in [0.3, 0.4) is 0 Å². The fourth-order valence-corrected chi connectivity index (χ4v) is 4.17. The third kappa shape index (κ3) is 2.45. The molecule has 3 atom stereocenters. The largest absolute Gasteiger partial charge is 0.492 e. The molecule has 7 heteroatoms. The number of carbonyl (C=O) groups excluding carboxylic acids is 2. The van der Waals surface area contributed by atoms with Crippen LogP contribution in [0.4, 0.5) is 0 Å². The van der Waals surface area contributed by atoms with Crippen molar-refractivity contribution in [2.45, 2.75) is 32.2 Å². The molecule has 1 saturated heterocycles. The molecule has 4 rings (SSSR count). The maximum atomic E-state index is 13.0. The van der Waals surface area contributed by atoms with Crippen molar-refractivity contribution in [3.63, 3.8) is 0 Å². The average Bonchev–Trinajstić information content (AvgIpc) is 3.22. The average molecular weight is 362 g/mol. The van der Waals surface area contributed by atoms with Crippen LogP contribution >= 0.6 is 0 Å². The number of rotatable bonds is 4. The quantitative estimate of drug-likeness (QED) is 0.619. The normalized spacial score (nSPS) is 29.3. The minimum absolute atomic E-state index is 0.0723. The number of Topliss-reactive ketones (excluding diaryl/α,β-unsaturated/α-hetero) is 1. The molecule has 1 aromatic carbocycles. The second kappa shape index (κ2) is 6.16. The Kier molecular flexibility index (Phi) is 4.06. The summed E-state index contributed by atoms with van der Waals surface area (Å²) in [6.45, 7) is 3.08. The fraction of sp³-hybridized carbons (Fsp3) is 0.579. The summed E-state index contributed by atoms with van der Waals surface area (Å²) < 4.78 is 21.8. The lowest BCUT2D eigenvalue weighted by atomic mass is 9.79. The molecule has 26 heavy (non-hydrogen) atoms. The minimum Gasteiger partial charge on any atom is -0.492 e. The molecule has 1 N–H and O–H groups in total. The van der Waals surface area contributed by atoms with E-state index in [0.717, 1.165) is 24.1 Å². The summed E-state index contributed by atoms with van der Waals surface area (Å²) in [7, 11) is 3.68. The number of esters is 1. The third-order valence-corrected chi connectivity index (χ3v) is 5.97. The van der Waals surface area contributed by atoms with Crippen LogP contribution in [0.5, 0.6) is 17.2 Å². The van der Waals surface area contributed by atoms with Crippen molar-refractivity contribution in [2.75, 3.05) is 34.1 Å². The van der Waals surface area contributed by atoms with Crippen LogP contribution in [0.25, 0.3) is 0 Å². The van der Waals surface area contributed by atoms with Crippen molar-refractivity contribution in [3.8, 4) is 17.2 Å². The number of methoxy groups -OCH3 is 1. The van der Waals surface area contributed by atoms with Gasteiger partial charge in [-0.2, -0.15) is 0 Å². The Labute approximate surface area is 152 Å². The lowest BCUT2D eigenvalue weighted by Crippen LogP contribution is -3.10. The summed E-state index contributed by atoms with van der Waals surface area (Å²) in [4.78, 5) is 26.3. The Morgan fingerprint density at radius 1 is 1.38 bits per heavy atom. The Bertz CT molecular complexity index is 776. The number of fused-ring (bicyclic) bond motifs is 2. The molecule has 1 unspecified atom stereocenters. The molecule has 0 spiro atoms. The van der Waals surface area contributed by atoms with Crippen LogP contribution in [0.1, 0.15) is 36.9 Å². The summed E-state index contributed by atoms with van der Waals surface area (Å²) >= 11 is 0. The van der Waals surface area contributed by atoms with E-state index in [9.17, 15) is 9.59 Å². The number of benzene rings is 1. The summed E-state index contributed by atoms with van der Waals surface area (Å²) in [5, 5.41) is 0. The van der Waals surface area contributed by atoms with Crippen LogP contribution < -0.4 is 19.1 Å². The van der Waals surface area contributed by atoms with Crippen LogP contribution in [0.2, 0.25) is 0 Å². The molecular weight excluding hydrogens is 338 g/mol. The van der Waals surface area contributed by atoms with Gasteiger partial charge in [0.2, 0.25) is 12.5 Å². The monoisotopic (exact) mass is 362 g/mol. The van der Waals surface area contributed by atoms with E-state index in [-0.39, 0.29) is 25.0 Å². The number of hydrogen-bond acceptors (Lipinski definition) is 6. The summed E-state index contributed by atoms with van der Waals surface area (Å²) in [5.41, 5.74) is 1.07. The Morgan fingerprint density at radius 2 is 2.19 bits per heavy atom. The molecule has 7 nitrogen and oxygen atoms in total. The van der Waals surface area contributed by atoms with Gasteiger partial charge < -0.3 is 23.8 Å². The zero-order chi connectivity index (χ0) is 18.5. The molecule has 1 aromatic rings. The van der Waals surface area contributed by atoms with Gasteiger partial charge in [0.15, 0.2) is 17.3 Å². The van der Waals surface area contributed by atoms with Gasteiger partial charge in [-0.05, 0) is 18.6 Å². The molecule has 0 amide bonds. The van der Waals surface area contributed by atoms with Crippen molar-refractivity contribution in [1.29, 1.82) is 0 Å². The Balaban J connectivity index is 1.72. The van der Waals surface area contributed by atoms with Crippen LogP contribution in [-0.2, 0) is 20.7 Å². The van der Waals surface area contributed by atoms with E-state index in [1.807, 2.05) is 6.07 Å². The first-order valence-corrected chi connectivity index (χ1v) is 8.98. The third-order valence-electron chi connectivity index (χ3n) is 5.97.